The monoisotopic (exact) mass is 373 g/mol. The lowest BCUT2D eigenvalue weighted by atomic mass is 10.1. The van der Waals surface area contributed by atoms with Crippen LogP contribution < -0.4 is 4.90 Å². The minimum Gasteiger partial charge on any atom is -0.379 e. The summed E-state index contributed by atoms with van der Waals surface area (Å²) in [6, 6.07) is 4.27. The maximum atomic E-state index is 6.18. The Hall–Kier alpha value is -1.70. The second kappa shape index (κ2) is 8.12. The highest BCUT2D eigenvalue weighted by molar-refractivity contribution is 5.52. The lowest BCUT2D eigenvalue weighted by Gasteiger charge is -2.32. The molecule has 0 aliphatic carbocycles. The van der Waals surface area contributed by atoms with Crippen LogP contribution in [0.1, 0.15) is 37.6 Å². The zero-order valence-corrected chi connectivity index (χ0v) is 16.7. The van der Waals surface area contributed by atoms with E-state index in [1.54, 1.807) is 0 Å². The first-order valence-electron chi connectivity index (χ1n) is 10.1. The van der Waals surface area contributed by atoms with Crippen LogP contribution in [0.3, 0.4) is 0 Å². The van der Waals surface area contributed by atoms with Crippen LogP contribution in [0.15, 0.2) is 12.1 Å². The van der Waals surface area contributed by atoms with Gasteiger partial charge in [0, 0.05) is 57.2 Å². The highest BCUT2D eigenvalue weighted by atomic mass is 16.5. The van der Waals surface area contributed by atoms with Gasteiger partial charge in [-0.25, -0.2) is 4.98 Å². The quantitative estimate of drug-likeness (QED) is 0.818. The van der Waals surface area contributed by atoms with Crippen LogP contribution in [-0.4, -0.2) is 78.1 Å². The fraction of sp³-hybridized carbons (Fsp3) is 0.700. The zero-order chi connectivity index (χ0) is 18.8. The SMILES string of the molecule is Cc1cc2nc(C(C)C)cc(N3CCCOC(CN4CCOCC4)C3)n2n1. The smallest absolute Gasteiger partial charge is 0.157 e. The number of hydrogen-bond acceptors (Lipinski definition) is 6. The second-order valence-electron chi connectivity index (χ2n) is 7.95. The minimum absolute atomic E-state index is 0.202. The topological polar surface area (TPSA) is 55.1 Å². The third kappa shape index (κ3) is 4.25. The molecule has 0 saturated carbocycles. The van der Waals surface area contributed by atoms with E-state index in [0.717, 1.165) is 81.8 Å². The highest BCUT2D eigenvalue weighted by Crippen LogP contribution is 2.24. The third-order valence-corrected chi connectivity index (χ3v) is 5.38. The van der Waals surface area contributed by atoms with Gasteiger partial charge < -0.3 is 14.4 Å². The summed E-state index contributed by atoms with van der Waals surface area (Å²) in [6.07, 6.45) is 1.23. The molecule has 0 amide bonds. The Kier molecular flexibility index (Phi) is 5.61. The van der Waals surface area contributed by atoms with Crippen LogP contribution in [-0.2, 0) is 9.47 Å². The van der Waals surface area contributed by atoms with E-state index in [-0.39, 0.29) is 6.10 Å². The summed E-state index contributed by atoms with van der Waals surface area (Å²) in [7, 11) is 0. The van der Waals surface area contributed by atoms with Crippen molar-refractivity contribution in [1.29, 1.82) is 0 Å². The Morgan fingerprint density at radius 1 is 1.15 bits per heavy atom. The Labute approximate surface area is 161 Å². The molecule has 0 aromatic carbocycles. The number of aromatic nitrogens is 3. The standard InChI is InChI=1S/C20H31N5O2/c1-15(2)18-12-20(25-19(21-18)11-16(3)22-25)24-5-4-8-27-17(14-24)13-23-6-9-26-10-7-23/h11-12,15,17H,4-10,13-14H2,1-3H3. The van der Waals surface area contributed by atoms with Crippen LogP contribution in [0.2, 0.25) is 0 Å². The predicted octanol–water partition coefficient (Wildman–Crippen LogP) is 2.09. The van der Waals surface area contributed by atoms with Crippen molar-refractivity contribution in [3.8, 4) is 0 Å². The fourth-order valence-corrected chi connectivity index (χ4v) is 3.90. The number of aryl methyl sites for hydroxylation is 1. The molecular weight excluding hydrogens is 342 g/mol. The lowest BCUT2D eigenvalue weighted by molar-refractivity contribution is -0.00509. The highest BCUT2D eigenvalue weighted by Gasteiger charge is 2.25. The Bertz CT molecular complexity index is 769. The van der Waals surface area contributed by atoms with Gasteiger partial charge >= 0.3 is 0 Å². The number of ether oxygens (including phenoxy) is 2. The third-order valence-electron chi connectivity index (χ3n) is 5.38. The van der Waals surface area contributed by atoms with Crippen LogP contribution in [0.5, 0.6) is 0 Å². The largest absolute Gasteiger partial charge is 0.379 e. The molecule has 7 heteroatoms. The molecule has 0 N–H and O–H groups in total. The molecule has 2 aliphatic heterocycles. The maximum absolute atomic E-state index is 6.18. The number of rotatable bonds is 4. The first kappa shape index (κ1) is 18.7. The van der Waals surface area contributed by atoms with Crippen molar-refractivity contribution in [2.24, 2.45) is 0 Å². The van der Waals surface area contributed by atoms with E-state index in [0.29, 0.717) is 5.92 Å². The molecule has 0 radical (unpaired) electrons. The predicted molar refractivity (Wildman–Crippen MR) is 106 cm³/mol. The van der Waals surface area contributed by atoms with Crippen molar-refractivity contribution in [3.63, 3.8) is 0 Å². The van der Waals surface area contributed by atoms with Crippen molar-refractivity contribution in [2.75, 3.05) is 57.4 Å². The molecule has 27 heavy (non-hydrogen) atoms. The van der Waals surface area contributed by atoms with Gasteiger partial charge in [-0.2, -0.15) is 9.61 Å². The summed E-state index contributed by atoms with van der Waals surface area (Å²) < 4.78 is 13.7. The van der Waals surface area contributed by atoms with Gasteiger partial charge in [-0.1, -0.05) is 13.8 Å². The Morgan fingerprint density at radius 2 is 1.96 bits per heavy atom. The second-order valence-corrected chi connectivity index (χ2v) is 7.95. The van der Waals surface area contributed by atoms with E-state index in [2.05, 4.69) is 35.8 Å². The molecule has 2 aromatic heterocycles. The molecule has 7 nitrogen and oxygen atoms in total. The summed E-state index contributed by atoms with van der Waals surface area (Å²) in [6.45, 7) is 13.7. The first-order chi connectivity index (χ1) is 13.1. The average molecular weight is 374 g/mol. The summed E-state index contributed by atoms with van der Waals surface area (Å²) in [5, 5.41) is 4.70. The molecule has 148 valence electrons. The Morgan fingerprint density at radius 3 is 2.74 bits per heavy atom. The molecule has 2 aromatic rings. The van der Waals surface area contributed by atoms with Crippen molar-refractivity contribution in [2.45, 2.75) is 39.2 Å². The van der Waals surface area contributed by atoms with Gasteiger partial charge in [-0.3, -0.25) is 4.90 Å². The van der Waals surface area contributed by atoms with Gasteiger partial charge in [-0.15, -0.1) is 0 Å². The van der Waals surface area contributed by atoms with Gasteiger partial charge in [0.05, 0.1) is 25.0 Å². The van der Waals surface area contributed by atoms with Crippen LogP contribution >= 0.6 is 0 Å². The van der Waals surface area contributed by atoms with E-state index in [9.17, 15) is 0 Å². The molecule has 0 spiro atoms. The molecule has 1 atom stereocenters. The van der Waals surface area contributed by atoms with Crippen LogP contribution in [0.25, 0.3) is 5.65 Å². The molecule has 1 unspecified atom stereocenters. The number of nitrogens with zero attached hydrogens (tertiary/aromatic N) is 5. The molecular formula is C20H31N5O2. The normalized spacial score (nSPS) is 22.5. The fourth-order valence-electron chi connectivity index (χ4n) is 3.90. The first-order valence-corrected chi connectivity index (χ1v) is 10.1. The Balaban J connectivity index is 1.60. The van der Waals surface area contributed by atoms with Crippen molar-refractivity contribution >= 4 is 11.5 Å². The average Bonchev–Trinajstić information content (AvgIpc) is 2.88. The molecule has 4 heterocycles. The van der Waals surface area contributed by atoms with Gasteiger partial charge in [0.2, 0.25) is 0 Å². The maximum Gasteiger partial charge on any atom is 0.157 e. The van der Waals surface area contributed by atoms with E-state index in [4.69, 9.17) is 19.6 Å². The summed E-state index contributed by atoms with van der Waals surface area (Å²) >= 11 is 0. The number of anilines is 1. The van der Waals surface area contributed by atoms with Crippen LogP contribution in [0, 0.1) is 6.92 Å². The summed E-state index contributed by atoms with van der Waals surface area (Å²) in [5.41, 5.74) is 3.05. The van der Waals surface area contributed by atoms with Crippen molar-refractivity contribution < 1.29 is 9.47 Å². The van der Waals surface area contributed by atoms with Gasteiger partial charge in [0.1, 0.15) is 5.82 Å². The molecule has 2 aliphatic rings. The summed E-state index contributed by atoms with van der Waals surface area (Å²) in [5.74, 6) is 1.52. The van der Waals surface area contributed by atoms with Gasteiger partial charge in [0.15, 0.2) is 5.65 Å². The minimum atomic E-state index is 0.202. The number of morpholine rings is 1. The molecule has 2 fully saturated rings. The van der Waals surface area contributed by atoms with E-state index in [1.807, 2.05) is 11.4 Å². The molecule has 2 saturated heterocycles. The van der Waals surface area contributed by atoms with E-state index in [1.165, 1.54) is 0 Å². The van der Waals surface area contributed by atoms with Gasteiger partial charge in [-0.05, 0) is 19.3 Å². The van der Waals surface area contributed by atoms with Crippen molar-refractivity contribution in [1.82, 2.24) is 19.5 Å². The molecule has 0 bridgehead atoms. The zero-order valence-electron chi connectivity index (χ0n) is 16.7. The number of hydrogen-bond donors (Lipinski definition) is 0. The van der Waals surface area contributed by atoms with E-state index < -0.39 is 0 Å². The van der Waals surface area contributed by atoms with Crippen LogP contribution in [0.4, 0.5) is 5.82 Å². The lowest BCUT2D eigenvalue weighted by Crippen LogP contribution is -2.45. The number of fused-ring (bicyclic) bond motifs is 1. The molecule has 4 rings (SSSR count). The van der Waals surface area contributed by atoms with E-state index >= 15 is 0 Å². The summed E-state index contributed by atoms with van der Waals surface area (Å²) in [4.78, 5) is 9.70. The van der Waals surface area contributed by atoms with Crippen molar-refractivity contribution in [3.05, 3.63) is 23.5 Å². The van der Waals surface area contributed by atoms with Gasteiger partial charge in [0.25, 0.3) is 0 Å².